The van der Waals surface area contributed by atoms with Gasteiger partial charge in [-0.3, -0.25) is 4.79 Å². The van der Waals surface area contributed by atoms with E-state index in [9.17, 15) is 4.79 Å². The van der Waals surface area contributed by atoms with Gasteiger partial charge in [0.2, 0.25) is 0 Å². The molecule has 0 radical (unpaired) electrons. The van der Waals surface area contributed by atoms with Crippen LogP contribution in [-0.2, 0) is 0 Å². The predicted molar refractivity (Wildman–Crippen MR) is 64.5 cm³/mol. The molecule has 16 heavy (non-hydrogen) atoms. The first kappa shape index (κ1) is 12.5. The van der Waals surface area contributed by atoms with Gasteiger partial charge in [0, 0.05) is 11.3 Å². The molecule has 3 nitrogen and oxygen atoms in total. The number of carbonyl (C=O) groups excluding carboxylic acids is 1. The van der Waals surface area contributed by atoms with Crippen LogP contribution in [0.15, 0.2) is 12.1 Å². The van der Waals surface area contributed by atoms with Crippen LogP contribution in [0.25, 0.3) is 0 Å². The van der Waals surface area contributed by atoms with Crippen molar-refractivity contribution in [2.45, 2.75) is 19.8 Å². The number of aromatic nitrogens is 1. The summed E-state index contributed by atoms with van der Waals surface area (Å²) in [5.41, 5.74) is 1.28. The third-order valence-corrected chi connectivity index (χ3v) is 2.21. The number of nitrogens with zero attached hydrogens (tertiary/aromatic N) is 1. The van der Waals surface area contributed by atoms with Crippen molar-refractivity contribution < 1.29 is 4.79 Å². The van der Waals surface area contributed by atoms with Crippen LogP contribution < -0.4 is 5.32 Å². The number of nitrogens with one attached hydrogen (secondary N) is 1. The van der Waals surface area contributed by atoms with E-state index < -0.39 is 0 Å². The summed E-state index contributed by atoms with van der Waals surface area (Å²) in [5, 5.41) is 2.90. The zero-order valence-electron chi connectivity index (χ0n) is 9.25. The first-order valence-electron chi connectivity index (χ1n) is 4.93. The highest BCUT2D eigenvalue weighted by atomic mass is 35.5. The molecule has 0 aliphatic carbocycles. The Bertz CT molecular complexity index is 435. The Balaban J connectivity index is 2.96. The number of amides is 1. The van der Waals surface area contributed by atoms with Gasteiger partial charge in [-0.1, -0.05) is 31.4 Å². The van der Waals surface area contributed by atoms with Crippen molar-refractivity contribution in [2.24, 2.45) is 0 Å². The van der Waals surface area contributed by atoms with Crippen LogP contribution in [0.2, 0.25) is 5.15 Å². The van der Waals surface area contributed by atoms with Crippen molar-refractivity contribution >= 4 is 17.5 Å². The molecule has 0 saturated heterocycles. The van der Waals surface area contributed by atoms with Crippen molar-refractivity contribution in [3.05, 3.63) is 28.5 Å². The summed E-state index contributed by atoms with van der Waals surface area (Å²) in [6, 6.07) is 3.25. The third kappa shape index (κ3) is 3.25. The van der Waals surface area contributed by atoms with Crippen LogP contribution in [0.3, 0.4) is 0 Å². The molecular weight excluding hydrogens is 224 g/mol. The van der Waals surface area contributed by atoms with Gasteiger partial charge in [-0.05, 0) is 18.1 Å². The van der Waals surface area contributed by atoms with Gasteiger partial charge in [0.15, 0.2) is 0 Å². The molecule has 0 fully saturated rings. The fourth-order valence-electron chi connectivity index (χ4n) is 1.18. The van der Waals surface area contributed by atoms with Crippen LogP contribution in [0.5, 0.6) is 0 Å². The smallest absolute Gasteiger partial charge is 0.252 e. The van der Waals surface area contributed by atoms with Gasteiger partial charge in [-0.25, -0.2) is 4.98 Å². The molecule has 0 atom stereocenters. The number of hydrogen-bond donors (Lipinski definition) is 1. The van der Waals surface area contributed by atoms with Crippen molar-refractivity contribution in [3.63, 3.8) is 0 Å². The number of terminal acetylenes is 1. The molecule has 1 heterocycles. The lowest BCUT2D eigenvalue weighted by atomic mass is 10.1. The number of carbonyl (C=O) groups is 1. The zero-order valence-corrected chi connectivity index (χ0v) is 10.0. The number of rotatable bonds is 3. The summed E-state index contributed by atoms with van der Waals surface area (Å²) in [6.07, 6.45) is 5.06. The Labute approximate surface area is 100 Å². The second kappa shape index (κ2) is 5.53. The van der Waals surface area contributed by atoms with Crippen LogP contribution in [0.1, 0.15) is 35.8 Å². The molecule has 84 valence electrons. The van der Waals surface area contributed by atoms with Crippen molar-refractivity contribution in [3.8, 4) is 12.3 Å². The lowest BCUT2D eigenvalue weighted by Gasteiger charge is -2.08. The van der Waals surface area contributed by atoms with Gasteiger partial charge >= 0.3 is 0 Å². The lowest BCUT2D eigenvalue weighted by Crippen LogP contribution is -2.23. The molecule has 0 aromatic carbocycles. The maximum absolute atomic E-state index is 11.6. The van der Waals surface area contributed by atoms with Crippen molar-refractivity contribution in [1.82, 2.24) is 10.3 Å². The highest BCUT2D eigenvalue weighted by Crippen LogP contribution is 2.17. The van der Waals surface area contributed by atoms with Crippen LogP contribution in [0, 0.1) is 12.3 Å². The van der Waals surface area contributed by atoms with Crippen LogP contribution >= 0.6 is 11.6 Å². The van der Waals surface area contributed by atoms with Crippen molar-refractivity contribution in [1.29, 1.82) is 0 Å². The molecule has 0 aliphatic heterocycles. The van der Waals surface area contributed by atoms with E-state index in [1.54, 1.807) is 6.07 Å². The Morgan fingerprint density at radius 1 is 1.62 bits per heavy atom. The van der Waals surface area contributed by atoms with E-state index in [0.717, 1.165) is 5.69 Å². The van der Waals surface area contributed by atoms with E-state index in [4.69, 9.17) is 18.0 Å². The highest BCUT2D eigenvalue weighted by Gasteiger charge is 2.10. The minimum Gasteiger partial charge on any atom is -0.341 e. The Kier molecular flexibility index (Phi) is 4.33. The quantitative estimate of drug-likeness (QED) is 0.646. The number of halogens is 1. The second-order valence-electron chi connectivity index (χ2n) is 3.64. The summed E-state index contributed by atoms with van der Waals surface area (Å²) in [7, 11) is 0. The summed E-state index contributed by atoms with van der Waals surface area (Å²) >= 11 is 5.84. The van der Waals surface area contributed by atoms with Gasteiger partial charge in [0.05, 0.1) is 6.54 Å². The average Bonchev–Trinajstić information content (AvgIpc) is 2.24. The molecule has 1 N–H and O–H groups in total. The summed E-state index contributed by atoms with van der Waals surface area (Å²) in [4.78, 5) is 15.8. The molecule has 1 aromatic rings. The molecule has 0 bridgehead atoms. The predicted octanol–water partition coefficient (Wildman–Crippen LogP) is 2.22. The Hall–Kier alpha value is -1.53. The number of pyridine rings is 1. The first-order valence-corrected chi connectivity index (χ1v) is 5.31. The SMILES string of the molecule is C#CCNC(=O)c1cc(Cl)nc(C(C)C)c1. The van der Waals surface area contributed by atoms with Gasteiger partial charge in [0.25, 0.3) is 5.91 Å². The van der Waals surface area contributed by atoms with E-state index in [1.165, 1.54) is 6.07 Å². The first-order chi connectivity index (χ1) is 7.54. The Morgan fingerprint density at radius 3 is 2.88 bits per heavy atom. The zero-order chi connectivity index (χ0) is 12.1. The summed E-state index contributed by atoms with van der Waals surface area (Å²) in [6.45, 7) is 4.18. The fourth-order valence-corrected chi connectivity index (χ4v) is 1.39. The molecule has 4 heteroatoms. The fraction of sp³-hybridized carbons (Fsp3) is 0.333. The summed E-state index contributed by atoms with van der Waals surface area (Å²) in [5.74, 6) is 2.33. The van der Waals surface area contributed by atoms with Gasteiger partial charge in [0.1, 0.15) is 5.15 Å². The van der Waals surface area contributed by atoms with Gasteiger partial charge in [-0.2, -0.15) is 0 Å². The molecule has 0 saturated carbocycles. The highest BCUT2D eigenvalue weighted by molar-refractivity contribution is 6.29. The number of hydrogen-bond acceptors (Lipinski definition) is 2. The summed E-state index contributed by atoms with van der Waals surface area (Å²) < 4.78 is 0. The van der Waals surface area contributed by atoms with E-state index in [2.05, 4.69) is 16.2 Å². The van der Waals surface area contributed by atoms with Gasteiger partial charge in [-0.15, -0.1) is 6.42 Å². The van der Waals surface area contributed by atoms with Crippen LogP contribution in [0.4, 0.5) is 0 Å². The molecule has 1 rings (SSSR count). The molecule has 0 spiro atoms. The van der Waals surface area contributed by atoms with Gasteiger partial charge < -0.3 is 5.32 Å². The van der Waals surface area contributed by atoms with E-state index in [0.29, 0.717) is 10.7 Å². The topological polar surface area (TPSA) is 42.0 Å². The lowest BCUT2D eigenvalue weighted by molar-refractivity contribution is 0.0958. The molecule has 1 amide bonds. The maximum atomic E-state index is 11.6. The second-order valence-corrected chi connectivity index (χ2v) is 4.03. The molecule has 1 aromatic heterocycles. The monoisotopic (exact) mass is 236 g/mol. The van der Waals surface area contributed by atoms with Crippen molar-refractivity contribution in [2.75, 3.05) is 6.54 Å². The average molecular weight is 237 g/mol. The minimum atomic E-state index is -0.232. The van der Waals surface area contributed by atoms with Crippen LogP contribution in [-0.4, -0.2) is 17.4 Å². The third-order valence-electron chi connectivity index (χ3n) is 2.02. The van der Waals surface area contributed by atoms with E-state index in [1.807, 2.05) is 13.8 Å². The molecule has 0 unspecified atom stereocenters. The normalized spacial score (nSPS) is 9.94. The van der Waals surface area contributed by atoms with E-state index >= 15 is 0 Å². The minimum absolute atomic E-state index is 0.204. The largest absolute Gasteiger partial charge is 0.341 e. The van der Waals surface area contributed by atoms with E-state index in [-0.39, 0.29) is 18.4 Å². The molecule has 0 aliphatic rings. The molecular formula is C12H13ClN2O. The standard InChI is InChI=1S/C12H13ClN2O/c1-4-5-14-12(16)9-6-10(8(2)3)15-11(13)7-9/h1,6-8H,5H2,2-3H3,(H,14,16). The Morgan fingerprint density at radius 2 is 2.31 bits per heavy atom. The maximum Gasteiger partial charge on any atom is 0.252 e.